The molecule has 1 aromatic heterocycles. The largest absolute Gasteiger partial charge is 0.478 e. The Morgan fingerprint density at radius 2 is 1.95 bits per heavy atom. The minimum atomic E-state index is 0.559. The molecule has 0 saturated carbocycles. The third-order valence-corrected chi connectivity index (χ3v) is 2.70. The third kappa shape index (κ3) is 4.75. The summed E-state index contributed by atoms with van der Waals surface area (Å²) in [6.45, 7) is 1.85. The molecule has 0 radical (unpaired) electrons. The first kappa shape index (κ1) is 14.1. The van der Waals surface area contributed by atoms with Gasteiger partial charge in [0.05, 0.1) is 19.8 Å². The zero-order valence-corrected chi connectivity index (χ0v) is 11.3. The second-order valence-electron chi connectivity index (χ2n) is 4.27. The Labute approximate surface area is 119 Å². The van der Waals surface area contributed by atoms with E-state index in [0.717, 1.165) is 12.0 Å². The summed E-state index contributed by atoms with van der Waals surface area (Å²) in [5, 5.41) is 0. The van der Waals surface area contributed by atoms with E-state index in [2.05, 4.69) is 10.9 Å². The average molecular weight is 267 g/mol. The summed E-state index contributed by atoms with van der Waals surface area (Å²) in [5.74, 6) is 3.11. The highest BCUT2D eigenvalue weighted by atomic mass is 16.5. The molecule has 0 aliphatic carbocycles. The molecule has 102 valence electrons. The van der Waals surface area contributed by atoms with Crippen molar-refractivity contribution in [3.63, 3.8) is 0 Å². The molecule has 0 saturated heterocycles. The predicted molar refractivity (Wildman–Crippen MR) is 78.4 cm³/mol. The van der Waals surface area contributed by atoms with E-state index in [1.165, 1.54) is 5.56 Å². The van der Waals surface area contributed by atoms with Gasteiger partial charge < -0.3 is 9.47 Å². The fourth-order valence-electron chi connectivity index (χ4n) is 1.68. The van der Waals surface area contributed by atoms with E-state index in [-0.39, 0.29) is 0 Å². The van der Waals surface area contributed by atoms with Crippen LogP contribution >= 0.6 is 0 Å². The number of rotatable bonds is 7. The van der Waals surface area contributed by atoms with Gasteiger partial charge in [-0.2, -0.15) is 0 Å². The molecule has 0 fully saturated rings. The van der Waals surface area contributed by atoms with E-state index >= 15 is 0 Å². The highest BCUT2D eigenvalue weighted by molar-refractivity contribution is 5.33. The maximum absolute atomic E-state index is 5.57. The minimum Gasteiger partial charge on any atom is -0.478 e. The Morgan fingerprint density at radius 1 is 1.10 bits per heavy atom. The molecule has 0 amide bonds. The van der Waals surface area contributed by atoms with E-state index in [1.54, 1.807) is 18.3 Å². The van der Waals surface area contributed by atoms with Crippen molar-refractivity contribution in [2.75, 3.05) is 13.2 Å². The monoisotopic (exact) mass is 267 g/mol. The van der Waals surface area contributed by atoms with Gasteiger partial charge in [-0.1, -0.05) is 36.3 Å². The van der Waals surface area contributed by atoms with Gasteiger partial charge in [0.1, 0.15) is 0 Å². The zero-order chi connectivity index (χ0) is 14.0. The first-order valence-electron chi connectivity index (χ1n) is 6.55. The minimum absolute atomic E-state index is 0.559. The van der Waals surface area contributed by atoms with Crippen LogP contribution in [-0.2, 0) is 11.3 Å². The van der Waals surface area contributed by atoms with Crippen LogP contribution in [0.25, 0.3) is 0 Å². The van der Waals surface area contributed by atoms with Crippen molar-refractivity contribution in [1.82, 2.24) is 4.98 Å². The van der Waals surface area contributed by atoms with Crippen molar-refractivity contribution < 1.29 is 9.47 Å². The summed E-state index contributed by atoms with van der Waals surface area (Å²) in [6.07, 6.45) is 7.78. The third-order valence-electron chi connectivity index (χ3n) is 2.70. The zero-order valence-electron chi connectivity index (χ0n) is 11.3. The SMILES string of the molecule is C#Cc1ccnc(OCCCOCc2ccccc2)c1. The van der Waals surface area contributed by atoms with Crippen LogP contribution in [0, 0.1) is 12.3 Å². The molecule has 0 aliphatic heterocycles. The summed E-state index contributed by atoms with van der Waals surface area (Å²) < 4.78 is 11.1. The molecular weight excluding hydrogens is 250 g/mol. The van der Waals surface area contributed by atoms with E-state index in [0.29, 0.717) is 25.7 Å². The quantitative estimate of drug-likeness (QED) is 0.571. The van der Waals surface area contributed by atoms with Gasteiger partial charge in [-0.05, 0) is 11.6 Å². The molecule has 2 aromatic rings. The Bertz CT molecular complexity index is 561. The Hall–Kier alpha value is -2.31. The number of pyridine rings is 1. The van der Waals surface area contributed by atoms with Gasteiger partial charge in [0.2, 0.25) is 5.88 Å². The number of hydrogen-bond donors (Lipinski definition) is 0. The number of hydrogen-bond acceptors (Lipinski definition) is 3. The molecule has 0 aliphatic rings. The normalized spacial score (nSPS) is 9.95. The first-order chi connectivity index (χ1) is 9.88. The Balaban J connectivity index is 1.61. The van der Waals surface area contributed by atoms with Crippen LogP contribution in [0.5, 0.6) is 5.88 Å². The van der Waals surface area contributed by atoms with Crippen LogP contribution in [0.1, 0.15) is 17.5 Å². The summed E-state index contributed by atoms with van der Waals surface area (Å²) >= 11 is 0. The van der Waals surface area contributed by atoms with Gasteiger partial charge in [0.15, 0.2) is 0 Å². The molecule has 0 atom stereocenters. The second kappa shape index (κ2) is 7.98. The summed E-state index contributed by atoms with van der Waals surface area (Å²) in [4.78, 5) is 4.09. The number of terminal acetylenes is 1. The van der Waals surface area contributed by atoms with Crippen LogP contribution in [-0.4, -0.2) is 18.2 Å². The van der Waals surface area contributed by atoms with E-state index in [9.17, 15) is 0 Å². The van der Waals surface area contributed by atoms with Crippen LogP contribution in [0.2, 0.25) is 0 Å². The lowest BCUT2D eigenvalue weighted by Gasteiger charge is -2.06. The first-order valence-corrected chi connectivity index (χ1v) is 6.55. The second-order valence-corrected chi connectivity index (χ2v) is 4.27. The van der Waals surface area contributed by atoms with Gasteiger partial charge in [-0.3, -0.25) is 0 Å². The molecule has 0 bridgehead atoms. The van der Waals surface area contributed by atoms with E-state index in [1.807, 2.05) is 30.3 Å². The van der Waals surface area contributed by atoms with Crippen LogP contribution in [0.15, 0.2) is 48.7 Å². The van der Waals surface area contributed by atoms with Crippen molar-refractivity contribution in [1.29, 1.82) is 0 Å². The molecule has 3 heteroatoms. The molecule has 20 heavy (non-hydrogen) atoms. The van der Waals surface area contributed by atoms with Crippen molar-refractivity contribution in [2.45, 2.75) is 13.0 Å². The fourth-order valence-corrected chi connectivity index (χ4v) is 1.68. The van der Waals surface area contributed by atoms with Crippen LogP contribution in [0.3, 0.4) is 0 Å². The molecule has 1 aromatic carbocycles. The Kier molecular flexibility index (Phi) is 5.63. The van der Waals surface area contributed by atoms with E-state index in [4.69, 9.17) is 15.9 Å². The lowest BCUT2D eigenvalue weighted by atomic mass is 10.2. The number of nitrogens with zero attached hydrogens (tertiary/aromatic N) is 1. The number of benzene rings is 1. The van der Waals surface area contributed by atoms with Crippen LogP contribution in [0.4, 0.5) is 0 Å². The average Bonchev–Trinajstić information content (AvgIpc) is 2.52. The van der Waals surface area contributed by atoms with Gasteiger partial charge in [-0.25, -0.2) is 4.98 Å². The lowest BCUT2D eigenvalue weighted by Crippen LogP contribution is -2.04. The van der Waals surface area contributed by atoms with Gasteiger partial charge >= 0.3 is 0 Å². The van der Waals surface area contributed by atoms with Gasteiger partial charge in [-0.15, -0.1) is 6.42 Å². The molecular formula is C17H17NO2. The topological polar surface area (TPSA) is 31.4 Å². The maximum atomic E-state index is 5.57. The maximum Gasteiger partial charge on any atom is 0.214 e. The standard InChI is InChI=1S/C17H17NO2/c1-2-15-9-10-18-17(13-15)20-12-6-11-19-14-16-7-4-3-5-8-16/h1,3-5,7-10,13H,6,11-12,14H2. The molecule has 0 N–H and O–H groups in total. The Morgan fingerprint density at radius 3 is 2.75 bits per heavy atom. The molecule has 2 rings (SSSR count). The molecule has 0 unspecified atom stereocenters. The van der Waals surface area contributed by atoms with Gasteiger partial charge in [0, 0.05) is 24.2 Å². The molecule has 1 heterocycles. The lowest BCUT2D eigenvalue weighted by molar-refractivity contribution is 0.106. The van der Waals surface area contributed by atoms with Crippen molar-refractivity contribution >= 4 is 0 Å². The van der Waals surface area contributed by atoms with Crippen molar-refractivity contribution in [2.24, 2.45) is 0 Å². The van der Waals surface area contributed by atoms with Gasteiger partial charge in [0.25, 0.3) is 0 Å². The smallest absolute Gasteiger partial charge is 0.214 e. The number of ether oxygens (including phenoxy) is 2. The summed E-state index contributed by atoms with van der Waals surface area (Å²) in [7, 11) is 0. The predicted octanol–water partition coefficient (Wildman–Crippen LogP) is 3.05. The summed E-state index contributed by atoms with van der Waals surface area (Å²) in [6, 6.07) is 13.6. The fraction of sp³-hybridized carbons (Fsp3) is 0.235. The van der Waals surface area contributed by atoms with Crippen molar-refractivity contribution in [3.05, 3.63) is 59.8 Å². The van der Waals surface area contributed by atoms with Crippen LogP contribution < -0.4 is 4.74 Å². The highest BCUT2D eigenvalue weighted by Gasteiger charge is 1.97. The number of aromatic nitrogens is 1. The molecule has 3 nitrogen and oxygen atoms in total. The molecule has 0 spiro atoms. The highest BCUT2D eigenvalue weighted by Crippen LogP contribution is 2.08. The van der Waals surface area contributed by atoms with Crippen molar-refractivity contribution in [3.8, 4) is 18.2 Å². The summed E-state index contributed by atoms with van der Waals surface area (Å²) in [5.41, 5.74) is 1.95. The van der Waals surface area contributed by atoms with E-state index < -0.39 is 0 Å².